The number of nitrogens with zero attached hydrogens (tertiary/aromatic N) is 1. The lowest BCUT2D eigenvalue weighted by atomic mass is 10.6. The monoisotopic (exact) mass is 105 g/mol. The van der Waals surface area contributed by atoms with E-state index in [1.807, 2.05) is 19.0 Å². The minimum atomic E-state index is 0. The van der Waals surface area contributed by atoms with Crippen molar-refractivity contribution < 1.29 is 5.11 Å². The molecular formula is C5H15NO. The van der Waals surface area contributed by atoms with Gasteiger partial charge in [-0.1, -0.05) is 7.43 Å². The molecule has 0 aromatic carbocycles. The summed E-state index contributed by atoms with van der Waals surface area (Å²) in [7, 11) is 3.85. The zero-order valence-corrected chi connectivity index (χ0v) is 4.31. The Bertz CT molecular complexity index is 29.3. The van der Waals surface area contributed by atoms with Gasteiger partial charge < -0.3 is 10.0 Å². The van der Waals surface area contributed by atoms with Crippen LogP contribution in [0.5, 0.6) is 0 Å². The van der Waals surface area contributed by atoms with Gasteiger partial charge in [0, 0.05) is 6.54 Å². The number of aliphatic hydroxyl groups excluding tert-OH is 1. The first-order chi connectivity index (χ1) is 2.77. The summed E-state index contributed by atoms with van der Waals surface area (Å²) in [5.41, 5.74) is 0. The molecule has 0 saturated heterocycles. The highest BCUT2D eigenvalue weighted by molar-refractivity contribution is 4.34. The Hall–Kier alpha value is -0.0800. The molecule has 0 atom stereocenters. The molecule has 0 radical (unpaired) electrons. The predicted octanol–water partition coefficient (Wildman–Crippen LogP) is 0.176. The van der Waals surface area contributed by atoms with Crippen molar-refractivity contribution in [2.24, 2.45) is 0 Å². The normalized spacial score (nSPS) is 8.57. The van der Waals surface area contributed by atoms with Gasteiger partial charge >= 0.3 is 0 Å². The summed E-state index contributed by atoms with van der Waals surface area (Å²) in [6, 6.07) is 0. The van der Waals surface area contributed by atoms with E-state index in [0.29, 0.717) is 0 Å². The Morgan fingerprint density at radius 2 is 1.86 bits per heavy atom. The second-order valence-corrected chi connectivity index (χ2v) is 1.53. The Kier molecular flexibility index (Phi) is 8.47. The average molecular weight is 105 g/mol. The van der Waals surface area contributed by atoms with E-state index in [1.165, 1.54) is 0 Å². The van der Waals surface area contributed by atoms with Crippen molar-refractivity contribution in [3.8, 4) is 0 Å². The molecule has 0 aliphatic carbocycles. The third-order valence-electron chi connectivity index (χ3n) is 0.547. The summed E-state index contributed by atoms with van der Waals surface area (Å²) in [6.45, 7) is 1.02. The van der Waals surface area contributed by atoms with Gasteiger partial charge in [0.05, 0.1) is 6.61 Å². The van der Waals surface area contributed by atoms with E-state index in [0.717, 1.165) is 6.54 Å². The lowest BCUT2D eigenvalue weighted by molar-refractivity contribution is 0.243. The van der Waals surface area contributed by atoms with Crippen molar-refractivity contribution in [3.05, 3.63) is 0 Å². The first-order valence-electron chi connectivity index (χ1n) is 2.03. The van der Waals surface area contributed by atoms with E-state index in [2.05, 4.69) is 0 Å². The van der Waals surface area contributed by atoms with Crippen LogP contribution in [0.25, 0.3) is 0 Å². The SMILES string of the molecule is C.CN(C)CCO. The summed E-state index contributed by atoms with van der Waals surface area (Å²) in [5, 5.41) is 8.20. The molecule has 0 rings (SSSR count). The van der Waals surface area contributed by atoms with Gasteiger partial charge in [-0.05, 0) is 14.1 Å². The molecule has 0 aliphatic heterocycles. The van der Waals surface area contributed by atoms with Crippen molar-refractivity contribution in [2.45, 2.75) is 7.43 Å². The maximum absolute atomic E-state index is 8.20. The summed E-state index contributed by atoms with van der Waals surface area (Å²) < 4.78 is 0. The number of rotatable bonds is 2. The Morgan fingerprint density at radius 3 is 1.86 bits per heavy atom. The largest absolute Gasteiger partial charge is 0.395 e. The van der Waals surface area contributed by atoms with E-state index in [9.17, 15) is 0 Å². The van der Waals surface area contributed by atoms with E-state index < -0.39 is 0 Å². The second kappa shape index (κ2) is 5.92. The van der Waals surface area contributed by atoms with E-state index in [1.54, 1.807) is 0 Å². The van der Waals surface area contributed by atoms with Crippen LogP contribution < -0.4 is 0 Å². The quantitative estimate of drug-likeness (QED) is 0.541. The lowest BCUT2D eigenvalue weighted by Crippen LogP contribution is -2.15. The molecule has 1 N–H and O–H groups in total. The van der Waals surface area contributed by atoms with Crippen LogP contribution in [0.4, 0.5) is 0 Å². The number of hydrogen-bond donors (Lipinski definition) is 1. The van der Waals surface area contributed by atoms with Crippen LogP contribution in [-0.2, 0) is 0 Å². The number of aliphatic hydroxyl groups is 1. The van der Waals surface area contributed by atoms with Gasteiger partial charge in [-0.15, -0.1) is 0 Å². The highest BCUT2D eigenvalue weighted by Gasteiger charge is 1.80. The average Bonchev–Trinajstić information content (AvgIpc) is 1.35. The van der Waals surface area contributed by atoms with Gasteiger partial charge in [0.2, 0.25) is 0 Å². The summed E-state index contributed by atoms with van der Waals surface area (Å²) in [4.78, 5) is 1.93. The highest BCUT2D eigenvalue weighted by atomic mass is 16.3. The van der Waals surface area contributed by atoms with E-state index in [4.69, 9.17) is 5.11 Å². The van der Waals surface area contributed by atoms with Crippen molar-refractivity contribution in [2.75, 3.05) is 27.2 Å². The molecule has 0 bridgehead atoms. The topological polar surface area (TPSA) is 23.5 Å². The first-order valence-corrected chi connectivity index (χ1v) is 2.03. The van der Waals surface area contributed by atoms with Crippen LogP contribution in [0.1, 0.15) is 7.43 Å². The maximum atomic E-state index is 8.20. The van der Waals surface area contributed by atoms with Crippen LogP contribution in [0.3, 0.4) is 0 Å². The zero-order chi connectivity index (χ0) is 4.99. The molecule has 0 saturated carbocycles. The van der Waals surface area contributed by atoms with Crippen molar-refractivity contribution >= 4 is 0 Å². The van der Waals surface area contributed by atoms with Gasteiger partial charge in [0.15, 0.2) is 0 Å². The van der Waals surface area contributed by atoms with Crippen molar-refractivity contribution in [3.63, 3.8) is 0 Å². The molecule has 7 heavy (non-hydrogen) atoms. The molecule has 0 fully saturated rings. The maximum Gasteiger partial charge on any atom is 0.0558 e. The fourth-order valence-electron chi connectivity index (χ4n) is 0.200. The lowest BCUT2D eigenvalue weighted by Gasteiger charge is -2.03. The highest BCUT2D eigenvalue weighted by Crippen LogP contribution is 1.66. The predicted molar refractivity (Wildman–Crippen MR) is 32.4 cm³/mol. The van der Waals surface area contributed by atoms with Crippen LogP contribution in [0, 0.1) is 0 Å². The standard InChI is InChI=1S/C4H11NO.CH4/c1-5(2)3-4-6;/h6H,3-4H2,1-2H3;1H4. The molecule has 0 heterocycles. The van der Waals surface area contributed by atoms with Gasteiger partial charge in [0.1, 0.15) is 0 Å². The van der Waals surface area contributed by atoms with Gasteiger partial charge in [0.25, 0.3) is 0 Å². The van der Waals surface area contributed by atoms with E-state index in [-0.39, 0.29) is 14.0 Å². The fourth-order valence-corrected chi connectivity index (χ4v) is 0.200. The third kappa shape index (κ3) is 10.7. The molecule has 0 amide bonds. The van der Waals surface area contributed by atoms with Gasteiger partial charge in [-0.2, -0.15) is 0 Å². The molecule has 46 valence electrons. The molecule has 0 aliphatic rings. The summed E-state index contributed by atoms with van der Waals surface area (Å²) >= 11 is 0. The molecule has 0 aromatic rings. The molecule has 0 aromatic heterocycles. The number of hydrogen-bond acceptors (Lipinski definition) is 2. The summed E-state index contributed by atoms with van der Waals surface area (Å²) in [6.07, 6.45) is 0. The first kappa shape index (κ1) is 10.0. The minimum Gasteiger partial charge on any atom is -0.395 e. The Balaban J connectivity index is 0. The Labute approximate surface area is 45.8 Å². The second-order valence-electron chi connectivity index (χ2n) is 1.53. The number of likely N-dealkylation sites (N-methyl/N-ethyl adjacent to an activating group) is 1. The van der Waals surface area contributed by atoms with Crippen LogP contribution >= 0.6 is 0 Å². The van der Waals surface area contributed by atoms with Gasteiger partial charge in [-0.3, -0.25) is 0 Å². The third-order valence-corrected chi connectivity index (χ3v) is 0.547. The molecule has 2 heteroatoms. The van der Waals surface area contributed by atoms with Crippen molar-refractivity contribution in [1.29, 1.82) is 0 Å². The van der Waals surface area contributed by atoms with E-state index >= 15 is 0 Å². The molecule has 0 unspecified atom stereocenters. The smallest absolute Gasteiger partial charge is 0.0558 e. The van der Waals surface area contributed by atoms with Crippen molar-refractivity contribution in [1.82, 2.24) is 4.90 Å². The van der Waals surface area contributed by atoms with Crippen LogP contribution in [-0.4, -0.2) is 37.3 Å². The zero-order valence-electron chi connectivity index (χ0n) is 4.31. The molecular weight excluding hydrogens is 90.1 g/mol. The fraction of sp³-hybridized carbons (Fsp3) is 1.00. The van der Waals surface area contributed by atoms with Gasteiger partial charge in [-0.25, -0.2) is 0 Å². The molecule has 2 nitrogen and oxygen atoms in total. The summed E-state index contributed by atoms with van der Waals surface area (Å²) in [5.74, 6) is 0. The van der Waals surface area contributed by atoms with Crippen LogP contribution in [0.2, 0.25) is 0 Å². The minimum absolute atomic E-state index is 0. The van der Waals surface area contributed by atoms with Crippen LogP contribution in [0.15, 0.2) is 0 Å². The molecule has 0 spiro atoms. The Morgan fingerprint density at radius 1 is 1.43 bits per heavy atom.